The number of benzene rings is 1. The molecule has 1 atom stereocenters. The molecule has 3 nitrogen and oxygen atoms in total. The van der Waals surface area contributed by atoms with Crippen molar-refractivity contribution in [1.29, 1.82) is 5.26 Å². The fourth-order valence-electron chi connectivity index (χ4n) is 1.01. The van der Waals surface area contributed by atoms with Gasteiger partial charge in [0, 0.05) is 10.5 Å². The third-order valence-corrected chi connectivity index (χ3v) is 2.43. The minimum absolute atomic E-state index is 0.224. The van der Waals surface area contributed by atoms with Crippen molar-refractivity contribution in [2.24, 2.45) is 0 Å². The molecule has 1 rings (SSSR count). The smallest absolute Gasteiger partial charge is 0.121 e. The first-order valence-corrected chi connectivity index (χ1v) is 4.96. The van der Waals surface area contributed by atoms with Crippen LogP contribution < -0.4 is 10.1 Å². The Bertz CT molecular complexity index is 360. The van der Waals surface area contributed by atoms with Gasteiger partial charge in [-0.25, -0.2) is 0 Å². The van der Waals surface area contributed by atoms with Crippen LogP contribution >= 0.6 is 15.9 Å². The molecule has 0 bridgehead atoms. The molecule has 0 radical (unpaired) electrons. The van der Waals surface area contributed by atoms with Crippen LogP contribution in [-0.2, 0) is 0 Å². The predicted octanol–water partition coefficient (Wildman–Crippen LogP) is 2.78. The van der Waals surface area contributed by atoms with E-state index in [0.717, 1.165) is 15.9 Å². The van der Waals surface area contributed by atoms with Gasteiger partial charge in [-0.1, -0.05) is 0 Å². The summed E-state index contributed by atoms with van der Waals surface area (Å²) in [6, 6.07) is 7.46. The minimum atomic E-state index is -0.224. The van der Waals surface area contributed by atoms with Crippen LogP contribution in [0.2, 0.25) is 0 Å². The summed E-state index contributed by atoms with van der Waals surface area (Å²) in [5.74, 6) is 0.765. The number of ether oxygens (including phenoxy) is 1. The maximum atomic E-state index is 8.65. The number of methoxy groups -OCH3 is 1. The highest BCUT2D eigenvalue weighted by Gasteiger charge is 2.04. The van der Waals surface area contributed by atoms with Crippen molar-refractivity contribution in [3.63, 3.8) is 0 Å². The molecule has 0 aromatic heterocycles. The second kappa shape index (κ2) is 4.87. The van der Waals surface area contributed by atoms with Gasteiger partial charge in [-0.2, -0.15) is 5.26 Å². The van der Waals surface area contributed by atoms with Crippen LogP contribution in [-0.4, -0.2) is 13.2 Å². The van der Waals surface area contributed by atoms with Crippen molar-refractivity contribution in [2.45, 2.75) is 13.0 Å². The van der Waals surface area contributed by atoms with E-state index in [9.17, 15) is 0 Å². The van der Waals surface area contributed by atoms with Crippen molar-refractivity contribution in [2.75, 3.05) is 12.4 Å². The van der Waals surface area contributed by atoms with Crippen LogP contribution in [0.1, 0.15) is 6.92 Å². The van der Waals surface area contributed by atoms with Gasteiger partial charge in [0.05, 0.1) is 18.9 Å². The number of hydrogen-bond donors (Lipinski definition) is 1. The summed E-state index contributed by atoms with van der Waals surface area (Å²) >= 11 is 3.39. The van der Waals surface area contributed by atoms with Gasteiger partial charge in [-0.3, -0.25) is 0 Å². The van der Waals surface area contributed by atoms with Gasteiger partial charge in [0.15, 0.2) is 0 Å². The molecule has 0 aliphatic carbocycles. The Morgan fingerprint density at radius 2 is 2.29 bits per heavy atom. The standard InChI is InChI=1S/C10H11BrN2O/c1-7(6-12)13-10-5-8(14-2)3-4-9(10)11/h3-5,7,13H,1-2H3. The fourth-order valence-corrected chi connectivity index (χ4v) is 1.37. The molecule has 0 aliphatic rings. The topological polar surface area (TPSA) is 45.0 Å². The van der Waals surface area contributed by atoms with Crippen LogP contribution in [0, 0.1) is 11.3 Å². The molecule has 0 fully saturated rings. The second-order valence-electron chi connectivity index (χ2n) is 2.84. The summed E-state index contributed by atoms with van der Waals surface area (Å²) in [5, 5.41) is 11.7. The summed E-state index contributed by atoms with van der Waals surface area (Å²) < 4.78 is 6.00. The van der Waals surface area contributed by atoms with Gasteiger partial charge in [-0.05, 0) is 35.0 Å². The molecule has 4 heteroatoms. The van der Waals surface area contributed by atoms with Crippen LogP contribution in [0.4, 0.5) is 5.69 Å². The van der Waals surface area contributed by atoms with E-state index >= 15 is 0 Å². The molecule has 1 aromatic rings. The number of rotatable bonds is 3. The first-order valence-electron chi connectivity index (χ1n) is 4.17. The lowest BCUT2D eigenvalue weighted by Gasteiger charge is -2.11. The fraction of sp³-hybridized carbons (Fsp3) is 0.300. The minimum Gasteiger partial charge on any atom is -0.497 e. The highest BCUT2D eigenvalue weighted by molar-refractivity contribution is 9.10. The molecule has 0 saturated carbocycles. The highest BCUT2D eigenvalue weighted by atomic mass is 79.9. The first-order chi connectivity index (χ1) is 6.67. The number of nitriles is 1. The van der Waals surface area contributed by atoms with E-state index in [0.29, 0.717) is 0 Å². The van der Waals surface area contributed by atoms with Gasteiger partial charge in [0.2, 0.25) is 0 Å². The molecular weight excluding hydrogens is 244 g/mol. The molecule has 0 aliphatic heterocycles. The van der Waals surface area contributed by atoms with Crippen molar-refractivity contribution in [3.05, 3.63) is 22.7 Å². The Balaban J connectivity index is 2.90. The number of hydrogen-bond acceptors (Lipinski definition) is 3. The highest BCUT2D eigenvalue weighted by Crippen LogP contribution is 2.27. The van der Waals surface area contributed by atoms with Crippen molar-refractivity contribution in [1.82, 2.24) is 0 Å². The summed E-state index contributed by atoms with van der Waals surface area (Å²) in [6.45, 7) is 1.80. The molecule has 0 amide bonds. The summed E-state index contributed by atoms with van der Waals surface area (Å²) in [5.41, 5.74) is 0.860. The summed E-state index contributed by atoms with van der Waals surface area (Å²) in [6.07, 6.45) is 0. The van der Waals surface area contributed by atoms with E-state index in [2.05, 4.69) is 27.3 Å². The molecule has 0 saturated heterocycles. The average molecular weight is 255 g/mol. The Morgan fingerprint density at radius 1 is 1.57 bits per heavy atom. The molecule has 0 spiro atoms. The molecular formula is C10H11BrN2O. The molecule has 14 heavy (non-hydrogen) atoms. The van der Waals surface area contributed by atoms with Crippen molar-refractivity contribution >= 4 is 21.6 Å². The Morgan fingerprint density at radius 3 is 2.86 bits per heavy atom. The van der Waals surface area contributed by atoms with Gasteiger partial charge >= 0.3 is 0 Å². The molecule has 1 N–H and O–H groups in total. The van der Waals surface area contributed by atoms with Crippen LogP contribution in [0.15, 0.2) is 22.7 Å². The third-order valence-electron chi connectivity index (χ3n) is 1.74. The number of halogens is 1. The lowest BCUT2D eigenvalue weighted by molar-refractivity contribution is 0.415. The monoisotopic (exact) mass is 254 g/mol. The summed E-state index contributed by atoms with van der Waals surface area (Å²) in [7, 11) is 1.61. The van der Waals surface area contributed by atoms with Crippen LogP contribution in [0.3, 0.4) is 0 Å². The van der Waals surface area contributed by atoms with Gasteiger partial charge in [0.1, 0.15) is 11.8 Å². The largest absolute Gasteiger partial charge is 0.497 e. The second-order valence-corrected chi connectivity index (χ2v) is 3.70. The van der Waals surface area contributed by atoms with E-state index in [1.54, 1.807) is 14.0 Å². The number of anilines is 1. The normalized spacial score (nSPS) is 11.6. The number of nitrogens with zero attached hydrogens (tertiary/aromatic N) is 1. The molecule has 1 unspecified atom stereocenters. The quantitative estimate of drug-likeness (QED) is 0.903. The lowest BCUT2D eigenvalue weighted by atomic mass is 10.2. The van der Waals surface area contributed by atoms with Crippen molar-refractivity contribution < 1.29 is 4.74 Å². The first kappa shape index (κ1) is 10.9. The van der Waals surface area contributed by atoms with E-state index in [1.165, 1.54) is 0 Å². The zero-order valence-electron chi connectivity index (χ0n) is 8.04. The zero-order chi connectivity index (χ0) is 10.6. The van der Waals surface area contributed by atoms with E-state index in [1.807, 2.05) is 18.2 Å². The Hall–Kier alpha value is -1.21. The maximum absolute atomic E-state index is 8.65. The third kappa shape index (κ3) is 2.64. The number of nitrogens with one attached hydrogen (secondary N) is 1. The van der Waals surface area contributed by atoms with Crippen LogP contribution in [0.25, 0.3) is 0 Å². The average Bonchev–Trinajstić information content (AvgIpc) is 2.21. The van der Waals surface area contributed by atoms with Gasteiger partial charge in [0.25, 0.3) is 0 Å². The summed E-state index contributed by atoms with van der Waals surface area (Å²) in [4.78, 5) is 0. The zero-order valence-corrected chi connectivity index (χ0v) is 9.63. The van der Waals surface area contributed by atoms with Crippen LogP contribution in [0.5, 0.6) is 5.75 Å². The predicted molar refractivity (Wildman–Crippen MR) is 59.4 cm³/mol. The molecule has 74 valence electrons. The maximum Gasteiger partial charge on any atom is 0.121 e. The van der Waals surface area contributed by atoms with E-state index < -0.39 is 0 Å². The SMILES string of the molecule is COc1ccc(Br)c(NC(C)C#N)c1. The Kier molecular flexibility index (Phi) is 3.78. The van der Waals surface area contributed by atoms with Gasteiger partial charge < -0.3 is 10.1 Å². The van der Waals surface area contributed by atoms with E-state index in [4.69, 9.17) is 10.00 Å². The lowest BCUT2D eigenvalue weighted by Crippen LogP contribution is -2.12. The Labute approximate surface area is 91.8 Å². The molecule has 0 heterocycles. The van der Waals surface area contributed by atoms with E-state index in [-0.39, 0.29) is 6.04 Å². The molecule has 1 aromatic carbocycles. The van der Waals surface area contributed by atoms with Crippen molar-refractivity contribution in [3.8, 4) is 11.8 Å². The van der Waals surface area contributed by atoms with Gasteiger partial charge in [-0.15, -0.1) is 0 Å².